The second-order valence-corrected chi connectivity index (χ2v) is 4.21. The Hall–Kier alpha value is -2.37. The highest BCUT2D eigenvalue weighted by atomic mass is 16.5. The Morgan fingerprint density at radius 1 is 1.47 bits per heavy atom. The van der Waals surface area contributed by atoms with Crippen molar-refractivity contribution >= 4 is 11.7 Å². The molecule has 1 aromatic heterocycles. The molecule has 0 atom stereocenters. The quantitative estimate of drug-likeness (QED) is 0.844. The van der Waals surface area contributed by atoms with E-state index in [1.165, 1.54) is 7.11 Å². The topological polar surface area (TPSA) is 69.0 Å². The van der Waals surface area contributed by atoms with E-state index in [0.29, 0.717) is 12.1 Å². The van der Waals surface area contributed by atoms with Crippen LogP contribution >= 0.6 is 0 Å². The number of benzene rings is 1. The van der Waals surface area contributed by atoms with E-state index in [-0.39, 0.29) is 5.97 Å². The van der Waals surface area contributed by atoms with Crippen LogP contribution in [0.5, 0.6) is 0 Å². The molecular weight excluding hydrogens is 244 g/mol. The summed E-state index contributed by atoms with van der Waals surface area (Å²) in [5, 5.41) is 11.1. The molecule has 6 heteroatoms. The van der Waals surface area contributed by atoms with Crippen molar-refractivity contribution in [3.05, 3.63) is 41.2 Å². The monoisotopic (exact) mass is 260 g/mol. The molecule has 0 amide bonds. The molecule has 2 aromatic rings. The average molecular weight is 260 g/mol. The molecular formula is C13H16N4O2. The summed E-state index contributed by atoms with van der Waals surface area (Å²) in [6.45, 7) is 2.44. The first-order chi connectivity index (χ1) is 9.11. The number of carbonyl (C=O) groups is 1. The molecule has 0 radical (unpaired) electrons. The van der Waals surface area contributed by atoms with Gasteiger partial charge in [0.2, 0.25) is 0 Å². The van der Waals surface area contributed by atoms with Gasteiger partial charge >= 0.3 is 5.97 Å². The highest BCUT2D eigenvalue weighted by Crippen LogP contribution is 2.20. The SMILES string of the molecule is COC(=O)c1cccc(NCc2cn(C)nn2)c1C. The smallest absolute Gasteiger partial charge is 0.338 e. The van der Waals surface area contributed by atoms with Gasteiger partial charge in [0.1, 0.15) is 5.69 Å². The van der Waals surface area contributed by atoms with Gasteiger partial charge in [0.05, 0.1) is 19.2 Å². The fourth-order valence-electron chi connectivity index (χ4n) is 1.82. The van der Waals surface area contributed by atoms with Gasteiger partial charge in [-0.1, -0.05) is 11.3 Å². The molecule has 0 aliphatic carbocycles. The van der Waals surface area contributed by atoms with Crippen molar-refractivity contribution in [2.75, 3.05) is 12.4 Å². The van der Waals surface area contributed by atoms with Crippen molar-refractivity contribution in [2.24, 2.45) is 7.05 Å². The van der Waals surface area contributed by atoms with Crippen LogP contribution in [-0.4, -0.2) is 28.1 Å². The Balaban J connectivity index is 2.14. The van der Waals surface area contributed by atoms with Crippen molar-refractivity contribution in [3.8, 4) is 0 Å². The van der Waals surface area contributed by atoms with E-state index >= 15 is 0 Å². The number of anilines is 1. The van der Waals surface area contributed by atoms with Crippen molar-refractivity contribution in [1.29, 1.82) is 0 Å². The van der Waals surface area contributed by atoms with Crippen LogP contribution in [0.1, 0.15) is 21.6 Å². The molecule has 6 nitrogen and oxygen atoms in total. The van der Waals surface area contributed by atoms with Crippen molar-refractivity contribution < 1.29 is 9.53 Å². The van der Waals surface area contributed by atoms with Crippen LogP contribution < -0.4 is 5.32 Å². The van der Waals surface area contributed by atoms with Crippen LogP contribution in [0.4, 0.5) is 5.69 Å². The molecule has 1 heterocycles. The van der Waals surface area contributed by atoms with E-state index in [0.717, 1.165) is 16.9 Å². The standard InChI is InChI=1S/C13H16N4O2/c1-9-11(13(18)19-3)5-4-6-12(9)14-7-10-8-17(2)16-15-10/h4-6,8,14H,7H2,1-3H3. The first kappa shape index (κ1) is 13.1. The highest BCUT2D eigenvalue weighted by molar-refractivity contribution is 5.92. The predicted molar refractivity (Wildman–Crippen MR) is 70.8 cm³/mol. The van der Waals surface area contributed by atoms with Crippen LogP contribution in [0.2, 0.25) is 0 Å². The van der Waals surface area contributed by atoms with E-state index in [4.69, 9.17) is 4.74 Å². The molecule has 0 bridgehead atoms. The number of aryl methyl sites for hydroxylation is 1. The lowest BCUT2D eigenvalue weighted by Gasteiger charge is -2.11. The lowest BCUT2D eigenvalue weighted by Crippen LogP contribution is -2.07. The minimum absolute atomic E-state index is 0.333. The molecule has 100 valence electrons. The summed E-state index contributed by atoms with van der Waals surface area (Å²) < 4.78 is 6.39. The number of nitrogens with one attached hydrogen (secondary N) is 1. The number of hydrogen-bond acceptors (Lipinski definition) is 5. The number of esters is 1. The number of aromatic nitrogens is 3. The summed E-state index contributed by atoms with van der Waals surface area (Å²) in [6.07, 6.45) is 1.84. The van der Waals surface area contributed by atoms with Crippen molar-refractivity contribution in [3.63, 3.8) is 0 Å². The van der Waals surface area contributed by atoms with Crippen LogP contribution in [0.3, 0.4) is 0 Å². The van der Waals surface area contributed by atoms with Gasteiger partial charge in [0, 0.05) is 18.9 Å². The van der Waals surface area contributed by atoms with Crippen LogP contribution in [0.15, 0.2) is 24.4 Å². The lowest BCUT2D eigenvalue weighted by molar-refractivity contribution is 0.0600. The Labute approximate surface area is 111 Å². The molecule has 0 aliphatic rings. The minimum Gasteiger partial charge on any atom is -0.465 e. The Morgan fingerprint density at radius 2 is 2.26 bits per heavy atom. The molecule has 0 unspecified atom stereocenters. The summed E-state index contributed by atoms with van der Waals surface area (Å²) >= 11 is 0. The molecule has 19 heavy (non-hydrogen) atoms. The molecule has 2 rings (SSSR count). The normalized spacial score (nSPS) is 10.3. The third-order valence-corrected chi connectivity index (χ3v) is 2.85. The molecule has 0 aliphatic heterocycles. The Kier molecular flexibility index (Phi) is 3.79. The first-order valence-electron chi connectivity index (χ1n) is 5.89. The Bertz CT molecular complexity index is 592. The largest absolute Gasteiger partial charge is 0.465 e. The highest BCUT2D eigenvalue weighted by Gasteiger charge is 2.11. The second-order valence-electron chi connectivity index (χ2n) is 4.21. The maximum Gasteiger partial charge on any atom is 0.338 e. The zero-order valence-electron chi connectivity index (χ0n) is 11.2. The molecule has 0 saturated heterocycles. The number of nitrogens with zero attached hydrogens (tertiary/aromatic N) is 3. The number of methoxy groups -OCH3 is 1. The number of rotatable bonds is 4. The maximum atomic E-state index is 11.6. The molecule has 0 fully saturated rings. The molecule has 1 aromatic carbocycles. The van der Waals surface area contributed by atoms with Crippen molar-refractivity contribution in [1.82, 2.24) is 15.0 Å². The summed E-state index contributed by atoms with van der Waals surface area (Å²) in [6, 6.07) is 5.48. The number of carbonyl (C=O) groups excluding carboxylic acids is 1. The van der Waals surface area contributed by atoms with E-state index in [1.807, 2.05) is 32.3 Å². The van der Waals surface area contributed by atoms with E-state index in [2.05, 4.69) is 15.6 Å². The van der Waals surface area contributed by atoms with Crippen molar-refractivity contribution in [2.45, 2.75) is 13.5 Å². The zero-order chi connectivity index (χ0) is 13.8. The summed E-state index contributed by atoms with van der Waals surface area (Å²) in [4.78, 5) is 11.6. The van der Waals surface area contributed by atoms with Gasteiger partial charge in [0.15, 0.2) is 0 Å². The molecule has 1 N–H and O–H groups in total. The van der Waals surface area contributed by atoms with Gasteiger partial charge in [-0.15, -0.1) is 5.10 Å². The second kappa shape index (κ2) is 5.51. The van der Waals surface area contributed by atoms with Gasteiger partial charge in [-0.25, -0.2) is 4.79 Å². The fourth-order valence-corrected chi connectivity index (χ4v) is 1.82. The number of hydrogen-bond donors (Lipinski definition) is 1. The fraction of sp³-hybridized carbons (Fsp3) is 0.308. The Morgan fingerprint density at radius 3 is 2.89 bits per heavy atom. The van der Waals surface area contributed by atoms with Crippen LogP contribution in [0.25, 0.3) is 0 Å². The first-order valence-corrected chi connectivity index (χ1v) is 5.89. The third-order valence-electron chi connectivity index (χ3n) is 2.85. The summed E-state index contributed by atoms with van der Waals surface area (Å²) in [7, 11) is 3.20. The van der Waals surface area contributed by atoms with E-state index in [1.54, 1.807) is 10.7 Å². The lowest BCUT2D eigenvalue weighted by atomic mass is 10.1. The average Bonchev–Trinajstić information content (AvgIpc) is 2.82. The summed E-state index contributed by atoms with van der Waals surface area (Å²) in [5.41, 5.74) is 3.14. The number of ether oxygens (including phenoxy) is 1. The molecule has 0 saturated carbocycles. The minimum atomic E-state index is -0.333. The predicted octanol–water partition coefficient (Wildman–Crippen LogP) is 1.52. The third kappa shape index (κ3) is 2.90. The van der Waals surface area contributed by atoms with Gasteiger partial charge in [-0.05, 0) is 24.6 Å². The van der Waals surface area contributed by atoms with E-state index < -0.39 is 0 Å². The van der Waals surface area contributed by atoms with E-state index in [9.17, 15) is 4.79 Å². The van der Waals surface area contributed by atoms with Gasteiger partial charge in [-0.3, -0.25) is 4.68 Å². The van der Waals surface area contributed by atoms with Gasteiger partial charge in [0.25, 0.3) is 0 Å². The maximum absolute atomic E-state index is 11.6. The van der Waals surface area contributed by atoms with Gasteiger partial charge < -0.3 is 10.1 Å². The summed E-state index contributed by atoms with van der Waals surface area (Å²) in [5.74, 6) is -0.333. The van der Waals surface area contributed by atoms with Gasteiger partial charge in [-0.2, -0.15) is 0 Å². The molecule has 0 spiro atoms. The zero-order valence-corrected chi connectivity index (χ0v) is 11.2. The van der Waals surface area contributed by atoms with Crippen LogP contribution in [0, 0.1) is 6.92 Å². The van der Waals surface area contributed by atoms with Crippen LogP contribution in [-0.2, 0) is 18.3 Å².